The molecule has 0 aliphatic carbocycles. The van der Waals surface area contributed by atoms with Crippen LogP contribution in [-0.2, 0) is 10.0 Å². The molecule has 2 N–H and O–H groups in total. The van der Waals surface area contributed by atoms with Crippen LogP contribution in [0.25, 0.3) is 16.8 Å². The summed E-state index contributed by atoms with van der Waals surface area (Å²) >= 11 is 0. The van der Waals surface area contributed by atoms with Crippen LogP contribution >= 0.6 is 0 Å². The van der Waals surface area contributed by atoms with Crippen molar-refractivity contribution in [3.8, 4) is 16.9 Å². The Hall–Kier alpha value is -3.63. The highest BCUT2D eigenvalue weighted by Gasteiger charge is 2.15. The molecule has 4 aromatic rings. The molecule has 1 fully saturated rings. The van der Waals surface area contributed by atoms with Crippen molar-refractivity contribution in [3.05, 3.63) is 66.9 Å². The van der Waals surface area contributed by atoms with Gasteiger partial charge in [-0.1, -0.05) is 12.1 Å². The number of nitrogens with one attached hydrogen (secondary N) is 2. The predicted molar refractivity (Wildman–Crippen MR) is 143 cm³/mol. The molecule has 2 aromatic carbocycles. The average molecular weight is 507 g/mol. The van der Waals surface area contributed by atoms with Gasteiger partial charge in [-0.2, -0.15) is 4.98 Å². The first-order chi connectivity index (χ1) is 17.4. The number of hydrogen-bond acceptors (Lipinski definition) is 7. The number of fused-ring (bicyclic) bond motifs is 1. The van der Waals surface area contributed by atoms with E-state index in [0.29, 0.717) is 29.9 Å². The van der Waals surface area contributed by atoms with Crippen LogP contribution < -0.4 is 19.7 Å². The van der Waals surface area contributed by atoms with Crippen molar-refractivity contribution < 1.29 is 13.2 Å². The van der Waals surface area contributed by atoms with E-state index in [4.69, 9.17) is 9.72 Å². The largest absolute Gasteiger partial charge is 0.494 e. The van der Waals surface area contributed by atoms with E-state index in [1.54, 1.807) is 10.6 Å². The molecule has 1 saturated heterocycles. The molecule has 9 nitrogen and oxygen atoms in total. The molecule has 0 spiro atoms. The van der Waals surface area contributed by atoms with Crippen LogP contribution in [-0.4, -0.2) is 55.5 Å². The van der Waals surface area contributed by atoms with Crippen LogP contribution in [0.3, 0.4) is 0 Å². The quantitative estimate of drug-likeness (QED) is 0.353. The number of benzene rings is 2. The SMILES string of the molecule is CN(c1cccc(-c2cccn3nc(Nc4ccc(OCCC5CCCN5)cc4)nc23)c1)S(C)(=O)=O. The lowest BCUT2D eigenvalue weighted by molar-refractivity contribution is 0.292. The molecule has 188 valence electrons. The van der Waals surface area contributed by atoms with Gasteiger partial charge in [-0.15, -0.1) is 5.10 Å². The molecule has 0 saturated carbocycles. The molecule has 1 aliphatic heterocycles. The Morgan fingerprint density at radius 1 is 1.17 bits per heavy atom. The topological polar surface area (TPSA) is 101 Å². The minimum absolute atomic E-state index is 0.466. The number of hydrogen-bond donors (Lipinski definition) is 2. The smallest absolute Gasteiger partial charge is 0.247 e. The zero-order valence-electron chi connectivity index (χ0n) is 20.4. The summed E-state index contributed by atoms with van der Waals surface area (Å²) in [6, 6.07) is 19.5. The van der Waals surface area contributed by atoms with Gasteiger partial charge in [0.25, 0.3) is 0 Å². The van der Waals surface area contributed by atoms with E-state index in [2.05, 4.69) is 15.7 Å². The summed E-state index contributed by atoms with van der Waals surface area (Å²) in [5, 5.41) is 11.3. The van der Waals surface area contributed by atoms with E-state index in [1.165, 1.54) is 30.5 Å². The van der Waals surface area contributed by atoms with E-state index >= 15 is 0 Å². The normalized spacial score (nSPS) is 15.8. The van der Waals surface area contributed by atoms with Crippen molar-refractivity contribution in [2.75, 3.05) is 36.1 Å². The minimum atomic E-state index is -3.36. The van der Waals surface area contributed by atoms with Gasteiger partial charge in [-0.3, -0.25) is 4.31 Å². The number of nitrogens with zero attached hydrogens (tertiary/aromatic N) is 4. The Morgan fingerprint density at radius 3 is 2.75 bits per heavy atom. The van der Waals surface area contributed by atoms with E-state index in [9.17, 15) is 8.42 Å². The lowest BCUT2D eigenvalue weighted by Crippen LogP contribution is -2.24. The van der Waals surface area contributed by atoms with Gasteiger partial charge < -0.3 is 15.4 Å². The number of aromatic nitrogens is 3. The summed E-state index contributed by atoms with van der Waals surface area (Å²) in [5.41, 5.74) is 3.80. The monoisotopic (exact) mass is 506 g/mol. The van der Waals surface area contributed by atoms with E-state index in [-0.39, 0.29) is 0 Å². The Labute approximate surface area is 211 Å². The summed E-state index contributed by atoms with van der Waals surface area (Å²) in [6.45, 7) is 1.80. The maximum absolute atomic E-state index is 12.0. The Balaban J connectivity index is 1.31. The maximum atomic E-state index is 12.0. The first-order valence-corrected chi connectivity index (χ1v) is 13.8. The van der Waals surface area contributed by atoms with Crippen molar-refractivity contribution in [3.63, 3.8) is 0 Å². The number of rotatable bonds is 9. The fourth-order valence-corrected chi connectivity index (χ4v) is 4.83. The average Bonchev–Trinajstić information content (AvgIpc) is 3.53. The van der Waals surface area contributed by atoms with Gasteiger partial charge in [0.1, 0.15) is 5.75 Å². The van der Waals surface area contributed by atoms with Crippen molar-refractivity contribution >= 4 is 33.0 Å². The van der Waals surface area contributed by atoms with Crippen LogP contribution in [0.4, 0.5) is 17.3 Å². The van der Waals surface area contributed by atoms with Crippen molar-refractivity contribution in [1.29, 1.82) is 0 Å². The lowest BCUT2D eigenvalue weighted by atomic mass is 10.1. The highest BCUT2D eigenvalue weighted by Crippen LogP contribution is 2.29. The first-order valence-electron chi connectivity index (χ1n) is 12.0. The van der Waals surface area contributed by atoms with E-state index in [0.717, 1.165) is 35.5 Å². The molecule has 0 bridgehead atoms. The summed E-state index contributed by atoms with van der Waals surface area (Å²) in [4.78, 5) is 4.69. The van der Waals surface area contributed by atoms with Gasteiger partial charge in [0, 0.05) is 30.5 Å². The second-order valence-electron chi connectivity index (χ2n) is 8.99. The Bertz CT molecular complexity index is 1450. The molecule has 0 amide bonds. The van der Waals surface area contributed by atoms with Crippen molar-refractivity contribution in [2.45, 2.75) is 25.3 Å². The second-order valence-corrected chi connectivity index (χ2v) is 11.0. The zero-order chi connectivity index (χ0) is 25.1. The first kappa shape index (κ1) is 24.1. The zero-order valence-corrected chi connectivity index (χ0v) is 21.2. The highest BCUT2D eigenvalue weighted by molar-refractivity contribution is 7.92. The lowest BCUT2D eigenvalue weighted by Gasteiger charge is -2.17. The van der Waals surface area contributed by atoms with Gasteiger partial charge in [-0.25, -0.2) is 12.9 Å². The Morgan fingerprint density at radius 2 is 2.00 bits per heavy atom. The van der Waals surface area contributed by atoms with Gasteiger partial charge in [0.15, 0.2) is 5.65 Å². The molecular formula is C26H30N6O3S. The summed E-state index contributed by atoms with van der Waals surface area (Å²) in [7, 11) is -1.82. The fourth-order valence-electron chi connectivity index (χ4n) is 4.33. The fraction of sp³-hybridized carbons (Fsp3) is 0.308. The molecule has 1 unspecified atom stereocenters. The predicted octanol–water partition coefficient (Wildman–Crippen LogP) is 4.06. The standard InChI is InChI=1S/C26H30N6O3S/c1-31(36(2,33)34)22-8-3-6-19(18-22)24-9-5-16-32-25(24)29-26(30-32)28-21-10-12-23(13-11-21)35-17-14-20-7-4-15-27-20/h3,5-6,8-13,16,18,20,27H,4,7,14-15,17H2,1-2H3,(H,28,30). The van der Waals surface area contributed by atoms with E-state index < -0.39 is 10.0 Å². The highest BCUT2D eigenvalue weighted by atomic mass is 32.2. The van der Waals surface area contributed by atoms with Gasteiger partial charge in [-0.05, 0) is 79.9 Å². The van der Waals surface area contributed by atoms with Crippen LogP contribution in [0.1, 0.15) is 19.3 Å². The third kappa shape index (κ3) is 5.44. The number of anilines is 3. The van der Waals surface area contributed by atoms with Gasteiger partial charge in [0.2, 0.25) is 16.0 Å². The third-order valence-corrected chi connectivity index (χ3v) is 7.59. The summed E-state index contributed by atoms with van der Waals surface area (Å²) < 4.78 is 32.8. The Kier molecular flexibility index (Phi) is 6.80. The third-order valence-electron chi connectivity index (χ3n) is 6.39. The van der Waals surface area contributed by atoms with Crippen molar-refractivity contribution in [2.24, 2.45) is 0 Å². The molecule has 10 heteroatoms. The van der Waals surface area contributed by atoms with Crippen LogP contribution in [0.2, 0.25) is 0 Å². The van der Waals surface area contributed by atoms with E-state index in [1.807, 2.05) is 60.8 Å². The number of sulfonamides is 1. The van der Waals surface area contributed by atoms with Gasteiger partial charge >= 0.3 is 0 Å². The molecule has 5 rings (SSSR count). The molecule has 3 heterocycles. The molecule has 0 radical (unpaired) electrons. The molecule has 2 aromatic heterocycles. The molecule has 1 atom stereocenters. The summed E-state index contributed by atoms with van der Waals surface area (Å²) in [6.07, 6.45) is 6.50. The minimum Gasteiger partial charge on any atom is -0.494 e. The number of pyridine rings is 1. The number of ether oxygens (including phenoxy) is 1. The van der Waals surface area contributed by atoms with Crippen LogP contribution in [0, 0.1) is 0 Å². The van der Waals surface area contributed by atoms with Crippen LogP contribution in [0.5, 0.6) is 5.75 Å². The molecule has 1 aliphatic rings. The van der Waals surface area contributed by atoms with Gasteiger partial charge in [0.05, 0.1) is 18.6 Å². The van der Waals surface area contributed by atoms with Crippen molar-refractivity contribution in [1.82, 2.24) is 19.9 Å². The second kappa shape index (κ2) is 10.2. The molecular weight excluding hydrogens is 476 g/mol. The molecule has 36 heavy (non-hydrogen) atoms. The summed E-state index contributed by atoms with van der Waals surface area (Å²) in [5.74, 6) is 1.30. The van der Waals surface area contributed by atoms with Crippen LogP contribution in [0.15, 0.2) is 66.9 Å². The maximum Gasteiger partial charge on any atom is 0.247 e.